The normalized spacial score (nSPS) is 11.2. The van der Waals surface area contributed by atoms with Crippen molar-refractivity contribution >= 4 is 11.5 Å². The van der Waals surface area contributed by atoms with Gasteiger partial charge in [0.15, 0.2) is 5.82 Å². The third kappa shape index (κ3) is 2.54. The van der Waals surface area contributed by atoms with Gasteiger partial charge in [-0.3, -0.25) is 4.68 Å². The summed E-state index contributed by atoms with van der Waals surface area (Å²) in [5.74, 6) is 2.02. The number of nitrogens with two attached hydrogens (primary N) is 1. The monoisotopic (exact) mass is 263 g/mol. The molecule has 2 aromatic rings. The van der Waals surface area contributed by atoms with Crippen molar-refractivity contribution in [3.05, 3.63) is 17.8 Å². The second kappa shape index (κ2) is 5.29. The van der Waals surface area contributed by atoms with Gasteiger partial charge in [-0.1, -0.05) is 13.8 Å². The predicted molar refractivity (Wildman–Crippen MR) is 74.7 cm³/mol. The van der Waals surface area contributed by atoms with Gasteiger partial charge in [0.2, 0.25) is 0 Å². The Hall–Kier alpha value is -2.05. The van der Waals surface area contributed by atoms with Gasteiger partial charge in [0.05, 0.1) is 17.9 Å². The van der Waals surface area contributed by atoms with E-state index in [0.717, 1.165) is 23.9 Å². The lowest BCUT2D eigenvalue weighted by atomic mass is 10.1. The van der Waals surface area contributed by atoms with Crippen molar-refractivity contribution in [3.8, 4) is 0 Å². The second-order valence-electron chi connectivity index (χ2n) is 4.81. The molecular formula is C12H21N7. The number of nitrogens with one attached hydrogen (secondary N) is 1. The highest BCUT2D eigenvalue weighted by atomic mass is 15.3. The Morgan fingerprint density at radius 3 is 2.74 bits per heavy atom. The first-order valence-corrected chi connectivity index (χ1v) is 6.47. The zero-order chi connectivity index (χ0) is 14.0. The number of aryl methyl sites for hydroxylation is 2. The lowest BCUT2D eigenvalue weighted by Crippen LogP contribution is -2.11. The Morgan fingerprint density at radius 2 is 2.16 bits per heavy atom. The molecular weight excluding hydrogens is 242 g/mol. The maximum absolute atomic E-state index is 6.13. The van der Waals surface area contributed by atoms with Crippen molar-refractivity contribution in [2.75, 3.05) is 11.1 Å². The topological polar surface area (TPSA) is 86.6 Å². The number of aromatic nitrogens is 5. The van der Waals surface area contributed by atoms with Crippen LogP contribution in [0.3, 0.4) is 0 Å². The van der Waals surface area contributed by atoms with Crippen LogP contribution in [0.4, 0.5) is 11.5 Å². The number of nitrogens with zero attached hydrogens (tertiary/aromatic N) is 5. The maximum Gasteiger partial charge on any atom is 0.152 e. The van der Waals surface area contributed by atoms with Gasteiger partial charge in [0, 0.05) is 13.6 Å². The fourth-order valence-electron chi connectivity index (χ4n) is 2.04. The molecule has 2 aromatic heterocycles. The summed E-state index contributed by atoms with van der Waals surface area (Å²) in [7, 11) is 1.88. The summed E-state index contributed by atoms with van der Waals surface area (Å²) in [6.45, 7) is 7.64. The Labute approximate surface area is 112 Å². The minimum absolute atomic E-state index is 0.307. The summed E-state index contributed by atoms with van der Waals surface area (Å²) in [6.07, 6.45) is 1.73. The fourth-order valence-corrected chi connectivity index (χ4v) is 2.04. The van der Waals surface area contributed by atoms with Gasteiger partial charge in [-0.05, 0) is 12.8 Å². The quantitative estimate of drug-likeness (QED) is 0.850. The summed E-state index contributed by atoms with van der Waals surface area (Å²) < 4.78 is 3.76. The Kier molecular flexibility index (Phi) is 3.73. The zero-order valence-corrected chi connectivity index (χ0v) is 11.9. The average Bonchev–Trinajstić information content (AvgIpc) is 2.92. The molecule has 0 aliphatic carbocycles. The van der Waals surface area contributed by atoms with E-state index in [9.17, 15) is 0 Å². The van der Waals surface area contributed by atoms with E-state index in [1.165, 1.54) is 0 Å². The third-order valence-corrected chi connectivity index (χ3v) is 3.11. The molecule has 7 heteroatoms. The van der Waals surface area contributed by atoms with Crippen molar-refractivity contribution in [2.45, 2.75) is 39.8 Å². The molecule has 0 atom stereocenters. The van der Waals surface area contributed by atoms with Gasteiger partial charge in [0.25, 0.3) is 0 Å². The van der Waals surface area contributed by atoms with Crippen LogP contribution in [0.1, 0.15) is 38.2 Å². The van der Waals surface area contributed by atoms with E-state index >= 15 is 0 Å². The molecule has 2 heterocycles. The van der Waals surface area contributed by atoms with Crippen LogP contribution in [0.5, 0.6) is 0 Å². The van der Waals surface area contributed by atoms with Gasteiger partial charge >= 0.3 is 0 Å². The van der Waals surface area contributed by atoms with Crippen molar-refractivity contribution in [2.24, 2.45) is 7.05 Å². The van der Waals surface area contributed by atoms with Crippen molar-refractivity contribution < 1.29 is 0 Å². The van der Waals surface area contributed by atoms with Crippen LogP contribution >= 0.6 is 0 Å². The molecule has 104 valence electrons. The van der Waals surface area contributed by atoms with Crippen LogP contribution in [-0.4, -0.2) is 24.5 Å². The van der Waals surface area contributed by atoms with E-state index in [1.807, 2.05) is 11.6 Å². The molecule has 0 saturated heterocycles. The minimum atomic E-state index is 0.307. The lowest BCUT2D eigenvalue weighted by Gasteiger charge is -2.08. The van der Waals surface area contributed by atoms with Crippen LogP contribution < -0.4 is 11.1 Å². The fraction of sp³-hybridized carbons (Fsp3) is 0.583. The van der Waals surface area contributed by atoms with Gasteiger partial charge in [-0.15, -0.1) is 10.2 Å². The number of rotatable bonds is 5. The maximum atomic E-state index is 6.13. The van der Waals surface area contributed by atoms with Crippen molar-refractivity contribution in [1.82, 2.24) is 24.5 Å². The summed E-state index contributed by atoms with van der Waals surface area (Å²) in [4.78, 5) is 0. The SMILES string of the molecule is CCn1cnnc1CNc1c(N)c(C(C)C)nn1C. The smallest absolute Gasteiger partial charge is 0.152 e. The first-order valence-electron chi connectivity index (χ1n) is 6.47. The van der Waals surface area contributed by atoms with E-state index in [2.05, 4.69) is 41.4 Å². The summed E-state index contributed by atoms with van der Waals surface area (Å²) in [6, 6.07) is 0. The molecule has 0 fully saturated rings. The summed E-state index contributed by atoms with van der Waals surface area (Å²) in [5, 5.41) is 15.7. The molecule has 0 aliphatic heterocycles. The molecule has 0 saturated carbocycles. The average molecular weight is 263 g/mol. The van der Waals surface area contributed by atoms with Crippen molar-refractivity contribution in [3.63, 3.8) is 0 Å². The van der Waals surface area contributed by atoms with E-state index in [0.29, 0.717) is 18.2 Å². The first-order chi connectivity index (χ1) is 9.04. The highest BCUT2D eigenvalue weighted by Crippen LogP contribution is 2.27. The van der Waals surface area contributed by atoms with E-state index in [1.54, 1.807) is 11.0 Å². The standard InChI is InChI=1S/C12H21N7/c1-5-19-7-15-16-9(19)6-14-12-10(13)11(8(2)3)17-18(12)4/h7-8,14H,5-6,13H2,1-4H3. The molecule has 0 spiro atoms. The van der Waals surface area contributed by atoms with Gasteiger partial charge in [-0.25, -0.2) is 0 Å². The molecule has 3 N–H and O–H groups in total. The van der Waals surface area contributed by atoms with Crippen LogP contribution in [-0.2, 0) is 20.1 Å². The number of nitrogen functional groups attached to an aromatic ring is 1. The van der Waals surface area contributed by atoms with Gasteiger partial charge in [-0.2, -0.15) is 5.10 Å². The van der Waals surface area contributed by atoms with E-state index < -0.39 is 0 Å². The van der Waals surface area contributed by atoms with Crippen LogP contribution in [0, 0.1) is 0 Å². The molecule has 2 rings (SSSR count). The minimum Gasteiger partial charge on any atom is -0.394 e. The number of hydrogen-bond acceptors (Lipinski definition) is 5. The third-order valence-electron chi connectivity index (χ3n) is 3.11. The highest BCUT2D eigenvalue weighted by molar-refractivity contribution is 5.65. The molecule has 0 unspecified atom stereocenters. The van der Waals surface area contributed by atoms with Crippen molar-refractivity contribution in [1.29, 1.82) is 0 Å². The predicted octanol–water partition coefficient (Wildman–Crippen LogP) is 1.35. The highest BCUT2D eigenvalue weighted by Gasteiger charge is 2.16. The zero-order valence-electron chi connectivity index (χ0n) is 11.9. The summed E-state index contributed by atoms with van der Waals surface area (Å²) >= 11 is 0. The Balaban J connectivity index is 2.16. The van der Waals surface area contributed by atoms with Gasteiger partial charge in [0.1, 0.15) is 12.1 Å². The molecule has 0 bridgehead atoms. The molecule has 0 radical (unpaired) electrons. The van der Waals surface area contributed by atoms with E-state index in [-0.39, 0.29) is 0 Å². The largest absolute Gasteiger partial charge is 0.394 e. The second-order valence-corrected chi connectivity index (χ2v) is 4.81. The van der Waals surface area contributed by atoms with Gasteiger partial charge < -0.3 is 15.6 Å². The van der Waals surface area contributed by atoms with Crippen LogP contribution in [0.15, 0.2) is 6.33 Å². The molecule has 0 aliphatic rings. The molecule has 0 amide bonds. The summed E-state index contributed by atoms with van der Waals surface area (Å²) in [5.41, 5.74) is 7.75. The molecule has 7 nitrogen and oxygen atoms in total. The van der Waals surface area contributed by atoms with Crippen LogP contribution in [0.25, 0.3) is 0 Å². The van der Waals surface area contributed by atoms with Crippen LogP contribution in [0.2, 0.25) is 0 Å². The Morgan fingerprint density at radius 1 is 1.42 bits per heavy atom. The first kappa shape index (κ1) is 13.4. The lowest BCUT2D eigenvalue weighted by molar-refractivity contribution is 0.695. The Bertz CT molecular complexity index is 552. The van der Waals surface area contributed by atoms with E-state index in [4.69, 9.17) is 5.73 Å². The number of hydrogen-bond donors (Lipinski definition) is 2. The number of anilines is 2. The molecule has 0 aromatic carbocycles. The molecule has 19 heavy (non-hydrogen) atoms.